The van der Waals surface area contributed by atoms with E-state index in [4.69, 9.17) is 4.74 Å². The normalized spacial score (nSPS) is 24.1. The Hall–Kier alpha value is -0.420. The molecule has 1 spiro atoms. The number of rotatable bonds is 0. The lowest BCUT2D eigenvalue weighted by Gasteiger charge is -2.38. The van der Waals surface area contributed by atoms with Gasteiger partial charge in [-0.25, -0.2) is 4.79 Å². The number of hydrogen-bond donors (Lipinski definition) is 1. The SMILES string of the molecule is CC(C)(C)NC(=O)N1CCC2(CC1)OCCS2. The predicted molar refractivity (Wildman–Crippen MR) is 70.2 cm³/mol. The zero-order valence-corrected chi connectivity index (χ0v) is 11.7. The third kappa shape index (κ3) is 3.28. The first-order chi connectivity index (χ1) is 7.90. The summed E-state index contributed by atoms with van der Waals surface area (Å²) >= 11 is 1.91. The van der Waals surface area contributed by atoms with Crippen LogP contribution in [0, 0.1) is 0 Å². The van der Waals surface area contributed by atoms with Crippen molar-refractivity contribution in [1.82, 2.24) is 10.2 Å². The molecule has 0 aromatic heterocycles. The van der Waals surface area contributed by atoms with Crippen molar-refractivity contribution in [2.45, 2.75) is 44.1 Å². The summed E-state index contributed by atoms with van der Waals surface area (Å²) in [5.41, 5.74) is -0.162. The number of carbonyl (C=O) groups is 1. The highest BCUT2D eigenvalue weighted by atomic mass is 32.2. The van der Waals surface area contributed by atoms with Gasteiger partial charge in [-0.1, -0.05) is 0 Å². The number of piperidine rings is 1. The molecule has 0 radical (unpaired) electrons. The number of nitrogens with one attached hydrogen (secondary N) is 1. The zero-order valence-electron chi connectivity index (χ0n) is 10.9. The van der Waals surface area contributed by atoms with Crippen LogP contribution in [0.3, 0.4) is 0 Å². The van der Waals surface area contributed by atoms with Crippen molar-refractivity contribution < 1.29 is 9.53 Å². The average molecular weight is 258 g/mol. The van der Waals surface area contributed by atoms with Gasteiger partial charge < -0.3 is 15.0 Å². The van der Waals surface area contributed by atoms with Gasteiger partial charge in [0.05, 0.1) is 6.61 Å². The van der Waals surface area contributed by atoms with Crippen LogP contribution in [-0.2, 0) is 4.74 Å². The van der Waals surface area contributed by atoms with Crippen LogP contribution in [0.1, 0.15) is 33.6 Å². The number of carbonyl (C=O) groups excluding carboxylic acids is 1. The second kappa shape index (κ2) is 4.69. The monoisotopic (exact) mass is 258 g/mol. The van der Waals surface area contributed by atoms with Crippen molar-refractivity contribution in [3.8, 4) is 0 Å². The summed E-state index contributed by atoms with van der Waals surface area (Å²) < 4.78 is 5.81. The molecule has 2 aliphatic rings. The van der Waals surface area contributed by atoms with Crippen molar-refractivity contribution in [3.63, 3.8) is 0 Å². The van der Waals surface area contributed by atoms with Gasteiger partial charge in [0.2, 0.25) is 0 Å². The lowest BCUT2D eigenvalue weighted by atomic mass is 10.1. The molecule has 2 fully saturated rings. The molecule has 0 bridgehead atoms. The van der Waals surface area contributed by atoms with E-state index in [-0.39, 0.29) is 16.5 Å². The van der Waals surface area contributed by atoms with E-state index >= 15 is 0 Å². The second-order valence-corrected chi connectivity index (χ2v) is 7.22. The van der Waals surface area contributed by atoms with E-state index in [9.17, 15) is 4.79 Å². The summed E-state index contributed by atoms with van der Waals surface area (Å²) in [5, 5.41) is 3.01. The Morgan fingerprint density at radius 1 is 1.35 bits per heavy atom. The largest absolute Gasteiger partial charge is 0.363 e. The maximum atomic E-state index is 12.0. The number of hydrogen-bond acceptors (Lipinski definition) is 3. The Labute approximate surface area is 107 Å². The highest BCUT2D eigenvalue weighted by Crippen LogP contribution is 2.41. The molecule has 0 atom stereocenters. The Morgan fingerprint density at radius 3 is 2.47 bits per heavy atom. The first-order valence-corrected chi connectivity index (χ1v) is 7.24. The summed E-state index contributed by atoms with van der Waals surface area (Å²) in [5.74, 6) is 1.09. The number of amides is 2. The van der Waals surface area contributed by atoms with Crippen LogP contribution < -0.4 is 5.32 Å². The summed E-state index contributed by atoms with van der Waals surface area (Å²) in [4.78, 5) is 13.9. The predicted octanol–water partition coefficient (Wildman–Crippen LogP) is 2.05. The number of urea groups is 1. The van der Waals surface area contributed by atoms with Gasteiger partial charge in [0.15, 0.2) is 0 Å². The quantitative estimate of drug-likeness (QED) is 0.723. The van der Waals surface area contributed by atoms with E-state index in [1.165, 1.54) is 0 Å². The van der Waals surface area contributed by atoms with Gasteiger partial charge in [0.25, 0.3) is 0 Å². The fraction of sp³-hybridized carbons (Fsp3) is 0.917. The third-order valence-corrected chi connectivity index (χ3v) is 4.53. The number of thioether (sulfide) groups is 1. The molecule has 2 saturated heterocycles. The molecule has 0 aromatic rings. The van der Waals surface area contributed by atoms with Crippen LogP contribution >= 0.6 is 11.8 Å². The molecule has 2 aliphatic heterocycles. The lowest BCUT2D eigenvalue weighted by Crippen LogP contribution is -2.52. The van der Waals surface area contributed by atoms with Gasteiger partial charge in [0.1, 0.15) is 4.93 Å². The molecule has 2 heterocycles. The molecule has 1 N–H and O–H groups in total. The number of nitrogens with zero attached hydrogens (tertiary/aromatic N) is 1. The first-order valence-electron chi connectivity index (χ1n) is 6.25. The molecule has 17 heavy (non-hydrogen) atoms. The standard InChI is InChI=1S/C12H22N2O2S/c1-11(2,3)13-10(15)14-6-4-12(5-7-14)16-8-9-17-12/h4-9H2,1-3H3,(H,13,15). The molecule has 2 amide bonds. The summed E-state index contributed by atoms with van der Waals surface area (Å²) in [6.45, 7) is 8.48. The van der Waals surface area contributed by atoms with E-state index in [1.807, 2.05) is 37.4 Å². The first kappa shape index (κ1) is 13.0. The van der Waals surface area contributed by atoms with Crippen LogP contribution in [-0.4, -0.2) is 46.9 Å². The summed E-state index contributed by atoms with van der Waals surface area (Å²) in [7, 11) is 0. The minimum absolute atomic E-state index is 0.0124. The smallest absolute Gasteiger partial charge is 0.317 e. The summed E-state index contributed by atoms with van der Waals surface area (Å²) in [6, 6.07) is 0.0512. The minimum atomic E-state index is -0.162. The molecule has 0 aliphatic carbocycles. The van der Waals surface area contributed by atoms with E-state index in [0.29, 0.717) is 0 Å². The Bertz CT molecular complexity index is 285. The van der Waals surface area contributed by atoms with Gasteiger partial charge in [-0.2, -0.15) is 0 Å². The van der Waals surface area contributed by atoms with E-state index < -0.39 is 0 Å². The molecule has 98 valence electrons. The van der Waals surface area contributed by atoms with E-state index in [2.05, 4.69) is 5.32 Å². The fourth-order valence-corrected chi connectivity index (χ4v) is 3.41. The molecule has 4 nitrogen and oxygen atoms in total. The van der Waals surface area contributed by atoms with Crippen LogP contribution in [0.4, 0.5) is 4.79 Å². The summed E-state index contributed by atoms with van der Waals surface area (Å²) in [6.07, 6.45) is 1.91. The van der Waals surface area contributed by atoms with Crippen LogP contribution in [0.25, 0.3) is 0 Å². The lowest BCUT2D eigenvalue weighted by molar-refractivity contribution is 0.00902. The topological polar surface area (TPSA) is 41.6 Å². The molecule has 0 unspecified atom stereocenters. The van der Waals surface area contributed by atoms with Gasteiger partial charge in [-0.05, 0) is 20.8 Å². The van der Waals surface area contributed by atoms with Gasteiger partial charge >= 0.3 is 6.03 Å². The van der Waals surface area contributed by atoms with E-state index in [1.54, 1.807) is 0 Å². The highest BCUT2D eigenvalue weighted by Gasteiger charge is 2.40. The van der Waals surface area contributed by atoms with Crippen LogP contribution in [0.5, 0.6) is 0 Å². The molecule has 0 saturated carbocycles. The Balaban J connectivity index is 1.84. The van der Waals surface area contributed by atoms with Gasteiger partial charge in [0, 0.05) is 37.2 Å². The van der Waals surface area contributed by atoms with Crippen molar-refractivity contribution in [2.75, 3.05) is 25.4 Å². The van der Waals surface area contributed by atoms with Crippen molar-refractivity contribution in [2.24, 2.45) is 0 Å². The van der Waals surface area contributed by atoms with Crippen molar-refractivity contribution >= 4 is 17.8 Å². The van der Waals surface area contributed by atoms with Crippen LogP contribution in [0.15, 0.2) is 0 Å². The molecular formula is C12H22N2O2S. The van der Waals surface area contributed by atoms with Crippen molar-refractivity contribution in [1.29, 1.82) is 0 Å². The van der Waals surface area contributed by atoms with Gasteiger partial charge in [-0.3, -0.25) is 0 Å². The zero-order chi connectivity index (χ0) is 12.5. The molecule has 5 heteroatoms. The van der Waals surface area contributed by atoms with Crippen molar-refractivity contribution in [3.05, 3.63) is 0 Å². The maximum absolute atomic E-state index is 12.0. The Morgan fingerprint density at radius 2 is 2.00 bits per heavy atom. The molecule has 2 rings (SSSR count). The Kier molecular flexibility index (Phi) is 3.59. The second-order valence-electron chi connectivity index (χ2n) is 5.77. The fourth-order valence-electron chi connectivity index (χ4n) is 2.24. The highest BCUT2D eigenvalue weighted by molar-refractivity contribution is 8.00. The maximum Gasteiger partial charge on any atom is 0.317 e. The van der Waals surface area contributed by atoms with Gasteiger partial charge in [-0.15, -0.1) is 11.8 Å². The van der Waals surface area contributed by atoms with Crippen LogP contribution in [0.2, 0.25) is 0 Å². The molecular weight excluding hydrogens is 236 g/mol. The average Bonchev–Trinajstić information content (AvgIpc) is 2.65. The number of likely N-dealkylation sites (tertiary alicyclic amines) is 1. The minimum Gasteiger partial charge on any atom is -0.363 e. The third-order valence-electron chi connectivity index (χ3n) is 3.11. The molecule has 0 aromatic carbocycles. The van der Waals surface area contributed by atoms with E-state index in [0.717, 1.165) is 38.3 Å². The number of ether oxygens (including phenoxy) is 1.